The van der Waals surface area contributed by atoms with Crippen LogP contribution >= 0.6 is 0 Å². The van der Waals surface area contributed by atoms with E-state index in [2.05, 4.69) is 11.5 Å². The number of ketones is 2. The number of allylic oxidation sites excluding steroid dienone is 1. The molecule has 1 saturated heterocycles. The summed E-state index contributed by atoms with van der Waals surface area (Å²) in [5.74, 6) is -4.84. The van der Waals surface area contributed by atoms with Gasteiger partial charge in [0.25, 0.3) is 5.67 Å². The predicted molar refractivity (Wildman–Crippen MR) is 168 cm³/mol. The number of nitrogens with zero attached hydrogens (tertiary/aromatic N) is 1. The zero-order chi connectivity index (χ0) is 34.5. The van der Waals surface area contributed by atoms with E-state index in [-0.39, 0.29) is 48.9 Å². The number of carbonyl (C=O) groups excluding carboxylic acids is 3. The number of cyclic esters (lactones) is 1. The second-order valence-corrected chi connectivity index (χ2v) is 13.6. The first-order valence-electron chi connectivity index (χ1n) is 15.9. The minimum absolute atomic E-state index is 0.0212. The van der Waals surface area contributed by atoms with Crippen LogP contribution in [0, 0.1) is 17.8 Å². The quantitative estimate of drug-likeness (QED) is 0.170. The van der Waals surface area contributed by atoms with Gasteiger partial charge in [-0.3, -0.25) is 9.59 Å². The lowest BCUT2D eigenvalue weighted by molar-refractivity contribution is -0.287. The Hall–Kier alpha value is -2.02. The highest BCUT2D eigenvalue weighted by molar-refractivity contribution is 6.08. The first kappa shape index (κ1) is 39.2. The molecule has 11 heteroatoms. The van der Waals surface area contributed by atoms with Gasteiger partial charge in [0, 0.05) is 30.9 Å². The van der Waals surface area contributed by atoms with Crippen molar-refractivity contribution in [2.45, 2.75) is 122 Å². The largest absolute Gasteiger partial charge is 0.456 e. The molecular formula is C34H56FNO9. The molecule has 0 radical (unpaired) electrons. The zero-order valence-electron chi connectivity index (χ0n) is 29.1. The van der Waals surface area contributed by atoms with Crippen molar-refractivity contribution in [3.8, 4) is 0 Å². The van der Waals surface area contributed by atoms with E-state index < -0.39 is 59.0 Å². The van der Waals surface area contributed by atoms with E-state index in [0.29, 0.717) is 13.0 Å². The molecule has 0 saturated carbocycles. The van der Waals surface area contributed by atoms with Crippen molar-refractivity contribution in [2.75, 3.05) is 34.4 Å². The summed E-state index contributed by atoms with van der Waals surface area (Å²) >= 11 is 0. The van der Waals surface area contributed by atoms with Crippen LogP contribution in [0.1, 0.15) is 74.7 Å². The predicted octanol–water partition coefficient (Wildman–Crippen LogP) is 4.22. The third-order valence-corrected chi connectivity index (χ3v) is 9.46. The fourth-order valence-corrected chi connectivity index (χ4v) is 6.73. The van der Waals surface area contributed by atoms with Crippen molar-refractivity contribution in [2.24, 2.45) is 17.8 Å². The third-order valence-electron chi connectivity index (χ3n) is 9.46. The molecule has 258 valence electrons. The molecule has 0 aliphatic carbocycles. The Morgan fingerprint density at radius 1 is 1.18 bits per heavy atom. The second kappa shape index (κ2) is 15.7. The topological polar surface area (TPSA) is 121 Å². The lowest BCUT2D eigenvalue weighted by Crippen LogP contribution is -2.59. The molecule has 1 fully saturated rings. The lowest BCUT2D eigenvalue weighted by Gasteiger charge is -2.48. The zero-order valence-corrected chi connectivity index (χ0v) is 29.1. The number of ether oxygens (including phenoxy) is 5. The number of hydrogen-bond acceptors (Lipinski definition) is 10. The maximum absolute atomic E-state index is 16.3. The van der Waals surface area contributed by atoms with Crippen LogP contribution in [0.15, 0.2) is 24.3 Å². The Morgan fingerprint density at radius 2 is 1.80 bits per heavy atom. The van der Waals surface area contributed by atoms with Crippen LogP contribution < -0.4 is 0 Å². The molecule has 45 heavy (non-hydrogen) atoms. The first-order valence-corrected chi connectivity index (χ1v) is 15.9. The fourth-order valence-electron chi connectivity index (χ4n) is 6.73. The number of Topliss-reactive ketones (excluding diaryl/α,β-unsaturated/α-hetero) is 2. The summed E-state index contributed by atoms with van der Waals surface area (Å²) in [4.78, 5) is 42.8. The van der Waals surface area contributed by atoms with E-state index in [9.17, 15) is 19.5 Å². The van der Waals surface area contributed by atoms with Gasteiger partial charge >= 0.3 is 5.97 Å². The van der Waals surface area contributed by atoms with Gasteiger partial charge in [-0.25, -0.2) is 9.18 Å². The summed E-state index contributed by atoms with van der Waals surface area (Å²) in [7, 11) is 5.36. The fraction of sp³-hybridized carbons (Fsp3) is 0.794. The molecular weight excluding hydrogens is 585 g/mol. The summed E-state index contributed by atoms with van der Waals surface area (Å²) in [6, 6.07) is 0.0212. The van der Waals surface area contributed by atoms with Crippen molar-refractivity contribution < 1.29 is 47.6 Å². The summed E-state index contributed by atoms with van der Waals surface area (Å²) in [6.45, 7) is 16.7. The minimum atomic E-state index is -3.07. The molecule has 2 heterocycles. The van der Waals surface area contributed by atoms with E-state index in [1.165, 1.54) is 27.0 Å². The SMILES string of the molecule is C=CCOCC1CC(N(C)C)C(C)[C@H](O[C@@H]2[C@@H](C)C(=O)[C@](C)(F)C(=O)O[C@H](CC)[C@@](C)(O)/C=C(\C)C(=O)[C@H](C)C[C@@]2(C)OC)O1. The molecule has 0 aromatic heterocycles. The van der Waals surface area contributed by atoms with Gasteiger partial charge in [-0.05, 0) is 72.7 Å². The van der Waals surface area contributed by atoms with Gasteiger partial charge in [0.05, 0.1) is 31.0 Å². The summed E-state index contributed by atoms with van der Waals surface area (Å²) in [6.07, 6.45) is 0.288. The third kappa shape index (κ3) is 9.08. The normalized spacial score (nSPS) is 42.1. The summed E-state index contributed by atoms with van der Waals surface area (Å²) in [5, 5.41) is 11.2. The number of methoxy groups -OCH3 is 1. The van der Waals surface area contributed by atoms with Crippen molar-refractivity contribution in [3.05, 3.63) is 24.3 Å². The van der Waals surface area contributed by atoms with Gasteiger partial charge in [0.2, 0.25) is 0 Å². The van der Waals surface area contributed by atoms with Gasteiger partial charge in [-0.2, -0.15) is 0 Å². The molecule has 0 aromatic rings. The number of aliphatic hydroxyl groups is 1. The summed E-state index contributed by atoms with van der Waals surface area (Å²) < 4.78 is 46.5. The number of halogens is 1. The standard InChI is InChI=1S/C34H56FNO9/c1-13-15-42-19-24-16-25(36(10)11)22(5)30(43-24)45-29-23(6)28(38)34(9,35)31(39)44-26(14-2)32(7,40)17-20(3)27(37)21(4)18-33(29,8)41-12/h13,17,21-26,29-30,40H,1,14-16,18-19H2,2-12H3/b20-17+/t21-,22?,23+,24?,25?,26-,29-,30+,32+,33-,34+/m1/s1. The molecule has 1 N–H and O–H groups in total. The number of rotatable bonds is 9. The Morgan fingerprint density at radius 3 is 2.33 bits per heavy atom. The Bertz CT molecular complexity index is 1090. The van der Waals surface area contributed by atoms with Crippen LogP contribution in [-0.2, 0) is 38.1 Å². The molecule has 10 nitrogen and oxygen atoms in total. The molecule has 2 rings (SSSR count). The Labute approximate surface area is 268 Å². The van der Waals surface area contributed by atoms with Crippen LogP contribution in [0.25, 0.3) is 0 Å². The van der Waals surface area contributed by atoms with Gasteiger partial charge < -0.3 is 33.7 Å². The lowest BCUT2D eigenvalue weighted by atomic mass is 9.76. The highest BCUT2D eigenvalue weighted by atomic mass is 19.1. The number of carbonyl (C=O) groups is 3. The van der Waals surface area contributed by atoms with E-state index in [0.717, 1.165) is 6.92 Å². The molecule has 11 atom stereocenters. The molecule has 0 bridgehead atoms. The molecule has 0 spiro atoms. The van der Waals surface area contributed by atoms with Crippen LogP contribution in [-0.4, -0.2) is 109 Å². The molecule has 0 amide bonds. The van der Waals surface area contributed by atoms with E-state index in [1.54, 1.807) is 33.8 Å². The number of alkyl halides is 1. The number of hydrogen-bond donors (Lipinski definition) is 1. The van der Waals surface area contributed by atoms with Crippen LogP contribution in [0.5, 0.6) is 0 Å². The van der Waals surface area contributed by atoms with Crippen molar-refractivity contribution >= 4 is 17.5 Å². The van der Waals surface area contributed by atoms with Crippen molar-refractivity contribution in [3.63, 3.8) is 0 Å². The highest BCUT2D eigenvalue weighted by Gasteiger charge is 2.54. The van der Waals surface area contributed by atoms with E-state index in [4.69, 9.17) is 23.7 Å². The van der Waals surface area contributed by atoms with Gasteiger partial charge in [-0.1, -0.05) is 33.8 Å². The van der Waals surface area contributed by atoms with Gasteiger partial charge in [0.15, 0.2) is 17.9 Å². The van der Waals surface area contributed by atoms with E-state index in [1.807, 2.05) is 21.0 Å². The second-order valence-electron chi connectivity index (χ2n) is 13.6. The maximum Gasteiger partial charge on any atom is 0.351 e. The van der Waals surface area contributed by atoms with E-state index >= 15 is 4.39 Å². The minimum Gasteiger partial charge on any atom is -0.456 e. The van der Waals surface area contributed by atoms with Crippen molar-refractivity contribution in [1.29, 1.82) is 0 Å². The smallest absolute Gasteiger partial charge is 0.351 e. The molecule has 2 aliphatic heterocycles. The number of esters is 1. The van der Waals surface area contributed by atoms with Gasteiger partial charge in [-0.15, -0.1) is 6.58 Å². The first-order chi connectivity index (χ1) is 20.8. The Kier molecular flexibility index (Phi) is 13.7. The monoisotopic (exact) mass is 641 g/mol. The molecule has 2 aliphatic rings. The molecule has 3 unspecified atom stereocenters. The molecule has 0 aromatic carbocycles. The highest BCUT2D eigenvalue weighted by Crippen LogP contribution is 2.39. The van der Waals surface area contributed by atoms with Crippen LogP contribution in [0.2, 0.25) is 0 Å². The maximum atomic E-state index is 16.3. The Balaban J connectivity index is 2.67. The summed E-state index contributed by atoms with van der Waals surface area (Å²) in [5.41, 5.74) is -5.93. The van der Waals surface area contributed by atoms with Crippen molar-refractivity contribution in [1.82, 2.24) is 4.90 Å². The average Bonchev–Trinajstić information content (AvgIpc) is 2.97. The van der Waals surface area contributed by atoms with Crippen LogP contribution in [0.3, 0.4) is 0 Å². The van der Waals surface area contributed by atoms with Crippen LogP contribution in [0.4, 0.5) is 4.39 Å². The average molecular weight is 642 g/mol. The van der Waals surface area contributed by atoms with Gasteiger partial charge in [0.1, 0.15) is 11.7 Å².